The summed E-state index contributed by atoms with van der Waals surface area (Å²) in [6, 6.07) is 11.0. The van der Waals surface area contributed by atoms with Crippen LogP contribution in [-0.2, 0) is 0 Å². The Bertz CT molecular complexity index is 683. The Kier molecular flexibility index (Phi) is 4.88. The number of aromatic nitrogens is 2. The maximum Gasteiger partial charge on any atom is 0.276 e. The third kappa shape index (κ3) is 4.05. The van der Waals surface area contributed by atoms with E-state index in [-0.39, 0.29) is 5.91 Å². The molecule has 1 saturated heterocycles. The highest BCUT2D eigenvalue weighted by atomic mass is 79.9. The van der Waals surface area contributed by atoms with Crippen LogP contribution in [0.15, 0.2) is 40.9 Å². The number of amides is 1. The van der Waals surface area contributed by atoms with Crippen LogP contribution in [0, 0.1) is 0 Å². The predicted molar refractivity (Wildman–Crippen MR) is 93.8 cm³/mol. The molecule has 0 spiro atoms. The van der Waals surface area contributed by atoms with Crippen molar-refractivity contribution in [2.24, 2.45) is 0 Å². The van der Waals surface area contributed by atoms with E-state index in [1.165, 1.54) is 0 Å². The zero-order chi connectivity index (χ0) is 16.2. The fourth-order valence-electron chi connectivity index (χ4n) is 2.41. The van der Waals surface area contributed by atoms with Crippen LogP contribution in [0.4, 0.5) is 11.5 Å². The number of carbonyl (C=O) groups is 1. The van der Waals surface area contributed by atoms with Crippen LogP contribution in [0.1, 0.15) is 10.5 Å². The topological polar surface area (TPSA) is 61.4 Å². The molecule has 0 atom stereocenters. The number of nitrogens with one attached hydrogen (secondary N) is 1. The lowest BCUT2D eigenvalue weighted by Gasteiger charge is -2.32. The minimum atomic E-state index is -0.263. The number of likely N-dealkylation sites (N-methyl/N-ethyl adjacent to an activating group) is 1. The monoisotopic (exact) mass is 375 g/mol. The van der Waals surface area contributed by atoms with Crippen molar-refractivity contribution in [3.05, 3.63) is 46.6 Å². The summed E-state index contributed by atoms with van der Waals surface area (Å²) in [5.41, 5.74) is 1.03. The van der Waals surface area contributed by atoms with E-state index < -0.39 is 0 Å². The second kappa shape index (κ2) is 7.06. The number of hydrogen-bond acceptors (Lipinski definition) is 5. The first-order valence-electron chi connectivity index (χ1n) is 7.46. The molecule has 6 nitrogen and oxygen atoms in total. The molecular weight excluding hydrogens is 358 g/mol. The van der Waals surface area contributed by atoms with Crippen LogP contribution in [0.25, 0.3) is 0 Å². The summed E-state index contributed by atoms with van der Waals surface area (Å²) in [4.78, 5) is 16.7. The molecule has 7 heteroatoms. The Morgan fingerprint density at radius 2 is 1.91 bits per heavy atom. The molecule has 0 aliphatic carbocycles. The molecule has 1 aliphatic rings. The number of hydrogen-bond donors (Lipinski definition) is 1. The van der Waals surface area contributed by atoms with Gasteiger partial charge in [-0.05, 0) is 37.4 Å². The van der Waals surface area contributed by atoms with Crippen LogP contribution < -0.4 is 10.2 Å². The third-order valence-corrected chi connectivity index (χ3v) is 4.29. The summed E-state index contributed by atoms with van der Waals surface area (Å²) >= 11 is 3.38. The molecular formula is C16H18BrN5O. The molecule has 1 aromatic carbocycles. The van der Waals surface area contributed by atoms with Gasteiger partial charge in [-0.3, -0.25) is 4.79 Å². The number of benzene rings is 1. The molecule has 0 bridgehead atoms. The summed E-state index contributed by atoms with van der Waals surface area (Å²) in [5.74, 6) is 0.553. The van der Waals surface area contributed by atoms with Crippen molar-refractivity contribution in [1.29, 1.82) is 0 Å². The maximum absolute atomic E-state index is 12.2. The Morgan fingerprint density at radius 1 is 1.13 bits per heavy atom. The Morgan fingerprint density at radius 3 is 2.57 bits per heavy atom. The van der Waals surface area contributed by atoms with E-state index in [4.69, 9.17) is 0 Å². The molecule has 120 valence electrons. The van der Waals surface area contributed by atoms with Gasteiger partial charge in [-0.15, -0.1) is 10.2 Å². The standard InChI is InChI=1S/C16H18BrN5O/c1-21-7-9-22(10-8-21)15-6-5-14(19-20-15)16(23)18-13-4-2-3-12(17)11-13/h2-6,11H,7-10H2,1H3,(H,18,23). The van der Waals surface area contributed by atoms with Crippen molar-refractivity contribution in [3.63, 3.8) is 0 Å². The lowest BCUT2D eigenvalue weighted by Crippen LogP contribution is -2.44. The molecule has 0 radical (unpaired) electrons. The zero-order valence-electron chi connectivity index (χ0n) is 12.9. The molecule has 1 fully saturated rings. The largest absolute Gasteiger partial charge is 0.353 e. The van der Waals surface area contributed by atoms with E-state index in [1.807, 2.05) is 30.3 Å². The number of piperazine rings is 1. The second-order valence-corrected chi connectivity index (χ2v) is 6.45. The van der Waals surface area contributed by atoms with E-state index in [0.717, 1.165) is 36.5 Å². The summed E-state index contributed by atoms with van der Waals surface area (Å²) < 4.78 is 0.909. The SMILES string of the molecule is CN1CCN(c2ccc(C(=O)Nc3cccc(Br)c3)nn2)CC1. The van der Waals surface area contributed by atoms with Gasteiger partial charge in [-0.2, -0.15) is 0 Å². The van der Waals surface area contributed by atoms with Gasteiger partial charge in [0.05, 0.1) is 0 Å². The number of nitrogens with zero attached hydrogens (tertiary/aromatic N) is 4. The van der Waals surface area contributed by atoms with Crippen molar-refractivity contribution in [1.82, 2.24) is 15.1 Å². The highest BCUT2D eigenvalue weighted by molar-refractivity contribution is 9.10. The van der Waals surface area contributed by atoms with Crippen molar-refractivity contribution < 1.29 is 4.79 Å². The molecule has 0 unspecified atom stereocenters. The molecule has 1 aromatic heterocycles. The first kappa shape index (κ1) is 15.9. The summed E-state index contributed by atoms with van der Waals surface area (Å²) in [6.07, 6.45) is 0. The van der Waals surface area contributed by atoms with E-state index in [9.17, 15) is 4.79 Å². The molecule has 1 N–H and O–H groups in total. The van der Waals surface area contributed by atoms with Crippen molar-refractivity contribution >= 4 is 33.3 Å². The Balaban J connectivity index is 1.65. The first-order chi connectivity index (χ1) is 11.1. The number of halogens is 1. The molecule has 2 heterocycles. The predicted octanol–water partition coefficient (Wildman–Crippen LogP) is 2.24. The lowest BCUT2D eigenvalue weighted by atomic mass is 10.3. The third-order valence-electron chi connectivity index (χ3n) is 3.79. The quantitative estimate of drug-likeness (QED) is 0.891. The maximum atomic E-state index is 12.2. The van der Waals surface area contributed by atoms with Crippen LogP contribution in [-0.4, -0.2) is 54.2 Å². The van der Waals surface area contributed by atoms with Gasteiger partial charge in [0.2, 0.25) is 0 Å². The van der Waals surface area contributed by atoms with Crippen molar-refractivity contribution in [2.75, 3.05) is 43.4 Å². The van der Waals surface area contributed by atoms with E-state index >= 15 is 0 Å². The highest BCUT2D eigenvalue weighted by Crippen LogP contribution is 2.17. The van der Waals surface area contributed by atoms with Crippen molar-refractivity contribution in [3.8, 4) is 0 Å². The fourth-order valence-corrected chi connectivity index (χ4v) is 2.81. The van der Waals surface area contributed by atoms with Gasteiger partial charge in [0.25, 0.3) is 5.91 Å². The second-order valence-electron chi connectivity index (χ2n) is 5.53. The minimum absolute atomic E-state index is 0.263. The Labute approximate surface area is 143 Å². The molecule has 2 aromatic rings. The zero-order valence-corrected chi connectivity index (χ0v) is 14.5. The van der Waals surface area contributed by atoms with Gasteiger partial charge in [-0.1, -0.05) is 22.0 Å². The van der Waals surface area contributed by atoms with Crippen LogP contribution in [0.3, 0.4) is 0 Å². The smallest absolute Gasteiger partial charge is 0.276 e. The minimum Gasteiger partial charge on any atom is -0.353 e. The lowest BCUT2D eigenvalue weighted by molar-refractivity contribution is 0.102. The van der Waals surface area contributed by atoms with Crippen molar-refractivity contribution in [2.45, 2.75) is 0 Å². The van der Waals surface area contributed by atoms with E-state index in [2.05, 4.69) is 48.3 Å². The molecule has 3 rings (SSSR count). The normalized spacial score (nSPS) is 15.5. The molecule has 0 saturated carbocycles. The average molecular weight is 376 g/mol. The average Bonchev–Trinajstić information content (AvgIpc) is 2.56. The van der Waals surface area contributed by atoms with E-state index in [1.54, 1.807) is 6.07 Å². The highest BCUT2D eigenvalue weighted by Gasteiger charge is 2.16. The molecule has 1 amide bonds. The van der Waals surface area contributed by atoms with Gasteiger partial charge < -0.3 is 15.1 Å². The van der Waals surface area contributed by atoms with Crippen LogP contribution in [0.2, 0.25) is 0 Å². The van der Waals surface area contributed by atoms with Crippen LogP contribution in [0.5, 0.6) is 0 Å². The summed E-state index contributed by atoms with van der Waals surface area (Å²) in [5, 5.41) is 11.1. The van der Waals surface area contributed by atoms with Gasteiger partial charge in [0.15, 0.2) is 11.5 Å². The van der Waals surface area contributed by atoms with Gasteiger partial charge in [0.1, 0.15) is 0 Å². The van der Waals surface area contributed by atoms with Crippen LogP contribution >= 0.6 is 15.9 Å². The number of rotatable bonds is 3. The Hall–Kier alpha value is -1.99. The summed E-state index contributed by atoms with van der Waals surface area (Å²) in [6.45, 7) is 3.86. The summed E-state index contributed by atoms with van der Waals surface area (Å²) in [7, 11) is 2.11. The van der Waals surface area contributed by atoms with E-state index in [0.29, 0.717) is 11.4 Å². The number of carbonyl (C=O) groups excluding carboxylic acids is 1. The number of anilines is 2. The molecule has 1 aliphatic heterocycles. The fraction of sp³-hybridized carbons (Fsp3) is 0.312. The molecule has 23 heavy (non-hydrogen) atoms. The van der Waals surface area contributed by atoms with Gasteiger partial charge >= 0.3 is 0 Å². The van der Waals surface area contributed by atoms with Gasteiger partial charge in [0, 0.05) is 36.3 Å². The van der Waals surface area contributed by atoms with Gasteiger partial charge in [-0.25, -0.2) is 0 Å². The first-order valence-corrected chi connectivity index (χ1v) is 8.25.